The Morgan fingerprint density at radius 2 is 1.25 bits per heavy atom. The lowest BCUT2D eigenvalue weighted by atomic mass is 9.66. The summed E-state index contributed by atoms with van der Waals surface area (Å²) in [5, 5.41) is 0. The van der Waals surface area contributed by atoms with Crippen LogP contribution in [0.5, 0.6) is 0 Å². The maximum absolute atomic E-state index is 13.2. The maximum Gasteiger partial charge on any atom is 0.185 e. The molecule has 0 aromatic heterocycles. The zero-order chi connectivity index (χ0) is 20.3. The normalized spacial score (nSPS) is 20.8. The molecular formula is C25H26F2O. The summed E-state index contributed by atoms with van der Waals surface area (Å²) in [7, 11) is 0. The monoisotopic (exact) mass is 380 g/mol. The molecule has 1 aliphatic carbocycles. The molecule has 0 saturated heterocycles. The van der Waals surface area contributed by atoms with E-state index >= 15 is 0 Å². The Labute approximate surface area is 165 Å². The summed E-state index contributed by atoms with van der Waals surface area (Å²) >= 11 is 0. The SMILES string of the molecule is CCC(C)(C)C1C/C(=C/c2ccc(F)cc2)C(=O)/C(=C/c2ccc(F)cc2)C1. The Hall–Kier alpha value is -2.55. The van der Waals surface area contributed by atoms with Crippen LogP contribution >= 0.6 is 0 Å². The summed E-state index contributed by atoms with van der Waals surface area (Å²) < 4.78 is 26.4. The molecule has 2 aromatic rings. The van der Waals surface area contributed by atoms with E-state index in [1.807, 2.05) is 12.2 Å². The van der Waals surface area contributed by atoms with Gasteiger partial charge in [0.2, 0.25) is 0 Å². The van der Waals surface area contributed by atoms with E-state index in [4.69, 9.17) is 0 Å². The minimum absolute atomic E-state index is 0.0248. The third-order valence-electron chi connectivity index (χ3n) is 5.95. The van der Waals surface area contributed by atoms with E-state index in [1.54, 1.807) is 24.3 Å². The highest BCUT2D eigenvalue weighted by molar-refractivity contribution is 6.14. The predicted molar refractivity (Wildman–Crippen MR) is 111 cm³/mol. The fraction of sp³-hybridized carbons (Fsp3) is 0.320. The van der Waals surface area contributed by atoms with Gasteiger partial charge in [0.1, 0.15) is 11.6 Å². The number of halogens is 2. The standard InChI is InChI=1S/C25H26F2O/c1-4-25(2,3)21-15-19(13-17-5-9-22(26)10-6-17)24(28)20(16-21)14-18-7-11-23(27)12-8-18/h5-14,21H,4,15-16H2,1-3H3/b19-13-,20-14+. The topological polar surface area (TPSA) is 17.1 Å². The second-order valence-corrected chi connectivity index (χ2v) is 8.22. The average Bonchev–Trinajstić information content (AvgIpc) is 2.68. The molecule has 0 spiro atoms. The number of rotatable bonds is 4. The molecule has 1 nitrogen and oxygen atoms in total. The smallest absolute Gasteiger partial charge is 0.185 e. The van der Waals surface area contributed by atoms with E-state index in [1.165, 1.54) is 24.3 Å². The Morgan fingerprint density at radius 1 is 0.857 bits per heavy atom. The van der Waals surface area contributed by atoms with Crippen LogP contribution in [0.25, 0.3) is 12.2 Å². The number of hydrogen-bond acceptors (Lipinski definition) is 1. The van der Waals surface area contributed by atoms with Crippen LogP contribution in [-0.2, 0) is 4.79 Å². The molecule has 0 amide bonds. The maximum atomic E-state index is 13.2. The average molecular weight is 380 g/mol. The highest BCUT2D eigenvalue weighted by Gasteiger charge is 2.36. The molecule has 0 aliphatic heterocycles. The van der Waals surface area contributed by atoms with Gasteiger partial charge in [-0.3, -0.25) is 4.79 Å². The zero-order valence-electron chi connectivity index (χ0n) is 16.6. The van der Waals surface area contributed by atoms with Crippen molar-refractivity contribution >= 4 is 17.9 Å². The molecule has 0 N–H and O–H groups in total. The molecule has 0 bridgehead atoms. The molecule has 3 rings (SSSR count). The van der Waals surface area contributed by atoms with Gasteiger partial charge in [0.05, 0.1) is 0 Å². The lowest BCUT2D eigenvalue weighted by Crippen LogP contribution is -2.30. The fourth-order valence-corrected chi connectivity index (χ4v) is 3.61. The van der Waals surface area contributed by atoms with Gasteiger partial charge in [0, 0.05) is 11.1 Å². The Kier molecular flexibility index (Phi) is 5.93. The van der Waals surface area contributed by atoms with Crippen molar-refractivity contribution < 1.29 is 13.6 Å². The largest absolute Gasteiger partial charge is 0.289 e. The molecule has 1 aliphatic rings. The van der Waals surface area contributed by atoms with Crippen molar-refractivity contribution in [1.82, 2.24) is 0 Å². The van der Waals surface area contributed by atoms with Gasteiger partial charge >= 0.3 is 0 Å². The summed E-state index contributed by atoms with van der Waals surface area (Å²) in [6, 6.07) is 12.4. The second kappa shape index (κ2) is 8.22. The summed E-state index contributed by atoms with van der Waals surface area (Å²) in [5.41, 5.74) is 3.22. The summed E-state index contributed by atoms with van der Waals surface area (Å²) in [5.74, 6) is -0.233. The van der Waals surface area contributed by atoms with Crippen LogP contribution in [0, 0.1) is 23.0 Å². The third-order valence-corrected chi connectivity index (χ3v) is 5.95. The van der Waals surface area contributed by atoms with Crippen LogP contribution in [0.3, 0.4) is 0 Å². The number of ketones is 1. The first kappa shape index (κ1) is 20.2. The second-order valence-electron chi connectivity index (χ2n) is 8.22. The van der Waals surface area contributed by atoms with Crippen LogP contribution in [0.4, 0.5) is 8.78 Å². The van der Waals surface area contributed by atoms with E-state index in [0.717, 1.165) is 28.7 Å². The molecule has 2 aromatic carbocycles. The minimum atomic E-state index is -0.293. The summed E-state index contributed by atoms with van der Waals surface area (Å²) in [4.78, 5) is 13.1. The fourth-order valence-electron chi connectivity index (χ4n) is 3.61. The molecule has 1 saturated carbocycles. The highest BCUT2D eigenvalue weighted by Crippen LogP contribution is 2.43. The number of benzene rings is 2. The molecule has 0 heterocycles. The zero-order valence-corrected chi connectivity index (χ0v) is 16.6. The van der Waals surface area contributed by atoms with Gasteiger partial charge in [-0.1, -0.05) is 51.5 Å². The minimum Gasteiger partial charge on any atom is -0.289 e. The molecule has 146 valence electrons. The van der Waals surface area contributed by atoms with Gasteiger partial charge in [-0.2, -0.15) is 0 Å². The van der Waals surface area contributed by atoms with E-state index < -0.39 is 0 Å². The Bertz CT molecular complexity index is 835. The highest BCUT2D eigenvalue weighted by atomic mass is 19.1. The van der Waals surface area contributed by atoms with E-state index in [9.17, 15) is 13.6 Å². The quantitative estimate of drug-likeness (QED) is 0.530. The third kappa shape index (κ3) is 4.64. The van der Waals surface area contributed by atoms with Crippen molar-refractivity contribution in [2.75, 3.05) is 0 Å². The van der Waals surface area contributed by atoms with Crippen LogP contribution in [0.2, 0.25) is 0 Å². The number of carbonyl (C=O) groups excluding carboxylic acids is 1. The van der Waals surface area contributed by atoms with Crippen molar-refractivity contribution in [3.8, 4) is 0 Å². The lowest BCUT2D eigenvalue weighted by Gasteiger charge is -2.37. The van der Waals surface area contributed by atoms with Crippen LogP contribution < -0.4 is 0 Å². The lowest BCUT2D eigenvalue weighted by molar-refractivity contribution is -0.113. The van der Waals surface area contributed by atoms with Crippen LogP contribution in [-0.4, -0.2) is 5.78 Å². The van der Waals surface area contributed by atoms with Gasteiger partial charge in [-0.25, -0.2) is 8.78 Å². The molecule has 28 heavy (non-hydrogen) atoms. The first-order valence-electron chi connectivity index (χ1n) is 9.75. The number of carbonyl (C=O) groups is 1. The predicted octanol–water partition coefficient (Wildman–Crippen LogP) is 6.85. The number of hydrogen-bond donors (Lipinski definition) is 0. The van der Waals surface area contributed by atoms with Crippen molar-refractivity contribution in [3.05, 3.63) is 82.4 Å². The number of Topliss-reactive ketones (excluding diaryl/α,β-unsaturated/α-hetero) is 1. The molecule has 1 atom stereocenters. The van der Waals surface area contributed by atoms with Gasteiger partial charge < -0.3 is 0 Å². The Balaban J connectivity index is 2.00. The summed E-state index contributed by atoms with van der Waals surface area (Å²) in [6.07, 6.45) is 6.17. The van der Waals surface area contributed by atoms with Crippen molar-refractivity contribution in [2.24, 2.45) is 11.3 Å². The van der Waals surface area contributed by atoms with E-state index in [2.05, 4.69) is 20.8 Å². The molecular weight excluding hydrogens is 354 g/mol. The first-order chi connectivity index (χ1) is 13.3. The molecule has 3 heteroatoms. The van der Waals surface area contributed by atoms with Crippen molar-refractivity contribution in [2.45, 2.75) is 40.0 Å². The van der Waals surface area contributed by atoms with Crippen molar-refractivity contribution in [1.29, 1.82) is 0 Å². The van der Waals surface area contributed by atoms with Crippen LogP contribution in [0.1, 0.15) is 51.2 Å². The summed E-state index contributed by atoms with van der Waals surface area (Å²) in [6.45, 7) is 6.64. The van der Waals surface area contributed by atoms with Gasteiger partial charge in [-0.15, -0.1) is 0 Å². The van der Waals surface area contributed by atoms with E-state index in [0.29, 0.717) is 18.8 Å². The molecule has 0 radical (unpaired) electrons. The Morgan fingerprint density at radius 3 is 1.61 bits per heavy atom. The van der Waals surface area contributed by atoms with Gasteiger partial charge in [0.25, 0.3) is 0 Å². The molecule has 1 fully saturated rings. The first-order valence-corrected chi connectivity index (χ1v) is 9.75. The van der Waals surface area contributed by atoms with Crippen LogP contribution in [0.15, 0.2) is 59.7 Å². The van der Waals surface area contributed by atoms with Gasteiger partial charge in [-0.05, 0) is 71.7 Å². The van der Waals surface area contributed by atoms with Gasteiger partial charge in [0.15, 0.2) is 5.78 Å². The number of allylic oxidation sites excluding steroid dienone is 2. The van der Waals surface area contributed by atoms with Crippen molar-refractivity contribution in [3.63, 3.8) is 0 Å². The van der Waals surface area contributed by atoms with E-state index in [-0.39, 0.29) is 22.8 Å². The molecule has 1 unspecified atom stereocenters.